The second-order valence-corrected chi connectivity index (χ2v) is 5.24. The van der Waals surface area contributed by atoms with E-state index in [0.29, 0.717) is 12.2 Å². The summed E-state index contributed by atoms with van der Waals surface area (Å²) >= 11 is 3.47. The van der Waals surface area contributed by atoms with Crippen molar-refractivity contribution in [2.24, 2.45) is 0 Å². The molecule has 0 radical (unpaired) electrons. The Morgan fingerprint density at radius 3 is 2.50 bits per heavy atom. The van der Waals surface area contributed by atoms with Crippen LogP contribution in [-0.4, -0.2) is 5.97 Å². The van der Waals surface area contributed by atoms with Gasteiger partial charge in [-0.2, -0.15) is 0 Å². The number of carbonyl (C=O) groups excluding carboxylic acids is 1. The van der Waals surface area contributed by atoms with E-state index in [-0.39, 0.29) is 11.9 Å². The molecule has 0 aromatic heterocycles. The fraction of sp³-hybridized carbons (Fsp3) is 0.118. The van der Waals surface area contributed by atoms with E-state index in [1.54, 1.807) is 0 Å². The van der Waals surface area contributed by atoms with E-state index >= 15 is 0 Å². The number of fused-ring (bicyclic) bond motifs is 1. The number of benzene rings is 2. The summed E-state index contributed by atoms with van der Waals surface area (Å²) in [7, 11) is 0. The van der Waals surface area contributed by atoms with Crippen LogP contribution in [0.5, 0.6) is 5.75 Å². The van der Waals surface area contributed by atoms with Crippen LogP contribution in [-0.2, 0) is 4.79 Å². The highest BCUT2D eigenvalue weighted by Crippen LogP contribution is 2.39. The molecule has 2 aromatic carbocycles. The molecule has 3 heteroatoms. The molecule has 3 rings (SSSR count). The van der Waals surface area contributed by atoms with Crippen LogP contribution in [0.3, 0.4) is 0 Å². The molecule has 0 N–H and O–H groups in total. The predicted octanol–water partition coefficient (Wildman–Crippen LogP) is 4.69. The second-order valence-electron chi connectivity index (χ2n) is 4.32. The van der Waals surface area contributed by atoms with Crippen molar-refractivity contribution < 1.29 is 9.53 Å². The third-order valence-electron chi connectivity index (χ3n) is 3.14. The molecule has 1 aliphatic heterocycles. The van der Waals surface area contributed by atoms with Gasteiger partial charge < -0.3 is 4.74 Å². The van der Waals surface area contributed by atoms with Gasteiger partial charge in [-0.25, -0.2) is 0 Å². The molecule has 0 spiro atoms. The molecule has 0 fully saturated rings. The van der Waals surface area contributed by atoms with Gasteiger partial charge in [0.05, 0.1) is 6.42 Å². The molecule has 0 saturated carbocycles. The summed E-state index contributed by atoms with van der Waals surface area (Å²) in [6, 6.07) is 15.8. The van der Waals surface area contributed by atoms with Gasteiger partial charge in [0.2, 0.25) is 0 Å². The molecule has 0 saturated heterocycles. The fourth-order valence-corrected chi connectivity index (χ4v) is 2.69. The molecule has 1 aliphatic rings. The van der Waals surface area contributed by atoms with Gasteiger partial charge in [-0.15, -0.1) is 13.2 Å². The molecule has 2 nitrogen and oxygen atoms in total. The van der Waals surface area contributed by atoms with Crippen molar-refractivity contribution >= 4 is 21.9 Å². The van der Waals surface area contributed by atoms with Crippen molar-refractivity contribution in [1.82, 2.24) is 0 Å². The molecule has 0 amide bonds. The fourth-order valence-electron chi connectivity index (χ4n) is 2.31. The normalized spacial score (nSPS) is 16.4. The predicted molar refractivity (Wildman–Crippen MR) is 83.9 cm³/mol. The van der Waals surface area contributed by atoms with E-state index in [1.807, 2.05) is 48.5 Å². The first kappa shape index (κ1) is 14.5. The molecule has 20 heavy (non-hydrogen) atoms. The van der Waals surface area contributed by atoms with Gasteiger partial charge in [-0.3, -0.25) is 4.79 Å². The van der Waals surface area contributed by atoms with E-state index in [0.717, 1.165) is 15.6 Å². The number of esters is 1. The van der Waals surface area contributed by atoms with E-state index in [1.165, 1.54) is 0 Å². The first-order chi connectivity index (χ1) is 9.74. The number of ether oxygens (including phenoxy) is 1. The minimum Gasteiger partial charge on any atom is -0.426 e. The lowest BCUT2D eigenvalue weighted by molar-refractivity contribution is -0.135. The van der Waals surface area contributed by atoms with Crippen LogP contribution in [0.1, 0.15) is 23.5 Å². The lowest BCUT2D eigenvalue weighted by Gasteiger charge is -2.25. The van der Waals surface area contributed by atoms with E-state index in [4.69, 9.17) is 4.74 Å². The SMILES string of the molecule is C=C.O=C1CC(c2ccccc2)c2cc(Br)ccc2O1. The molecular formula is C17H15BrO2. The number of hydrogen-bond acceptors (Lipinski definition) is 2. The van der Waals surface area contributed by atoms with Crippen LogP contribution < -0.4 is 4.74 Å². The molecule has 102 valence electrons. The summed E-state index contributed by atoms with van der Waals surface area (Å²) in [4.78, 5) is 11.7. The zero-order valence-corrected chi connectivity index (χ0v) is 12.6. The lowest BCUT2D eigenvalue weighted by atomic mass is 9.86. The van der Waals surface area contributed by atoms with Crippen molar-refractivity contribution in [2.75, 3.05) is 0 Å². The highest BCUT2D eigenvalue weighted by Gasteiger charge is 2.28. The van der Waals surface area contributed by atoms with Gasteiger partial charge in [-0.1, -0.05) is 46.3 Å². The van der Waals surface area contributed by atoms with Gasteiger partial charge in [0.25, 0.3) is 0 Å². The van der Waals surface area contributed by atoms with E-state index in [2.05, 4.69) is 29.1 Å². The summed E-state index contributed by atoms with van der Waals surface area (Å²) in [6.07, 6.45) is 0.396. The van der Waals surface area contributed by atoms with Crippen molar-refractivity contribution in [2.45, 2.75) is 12.3 Å². The Balaban J connectivity index is 0.000000704. The number of carbonyl (C=O) groups is 1. The molecule has 0 bridgehead atoms. The van der Waals surface area contributed by atoms with Crippen LogP contribution in [0.25, 0.3) is 0 Å². The highest BCUT2D eigenvalue weighted by molar-refractivity contribution is 9.10. The Morgan fingerprint density at radius 2 is 1.80 bits per heavy atom. The number of hydrogen-bond donors (Lipinski definition) is 0. The van der Waals surface area contributed by atoms with E-state index in [9.17, 15) is 4.79 Å². The molecule has 0 aliphatic carbocycles. The maximum Gasteiger partial charge on any atom is 0.312 e. The summed E-state index contributed by atoms with van der Waals surface area (Å²) < 4.78 is 6.28. The van der Waals surface area contributed by atoms with Gasteiger partial charge in [0.15, 0.2) is 0 Å². The largest absolute Gasteiger partial charge is 0.426 e. The molecule has 1 heterocycles. The zero-order chi connectivity index (χ0) is 14.5. The molecule has 1 atom stereocenters. The molecule has 1 unspecified atom stereocenters. The Labute approximate surface area is 127 Å². The van der Waals surface area contributed by atoms with E-state index < -0.39 is 0 Å². The smallest absolute Gasteiger partial charge is 0.312 e. The molecule has 2 aromatic rings. The first-order valence-corrected chi connectivity index (χ1v) is 7.08. The van der Waals surface area contributed by atoms with Gasteiger partial charge in [-0.05, 0) is 23.8 Å². The summed E-state index contributed by atoms with van der Waals surface area (Å²) in [5.74, 6) is 0.585. The maximum atomic E-state index is 11.7. The Bertz CT molecular complexity index is 608. The maximum absolute atomic E-state index is 11.7. The Hall–Kier alpha value is -1.87. The minimum absolute atomic E-state index is 0.0833. The van der Waals surface area contributed by atoms with Crippen LogP contribution in [0.2, 0.25) is 0 Å². The standard InChI is InChI=1S/C15H11BrO2.C2H4/c16-11-6-7-14-13(8-11)12(9-15(17)18-14)10-4-2-1-3-5-10;1-2/h1-8,12H,9H2;1-2H2. The third-order valence-corrected chi connectivity index (χ3v) is 3.64. The quantitative estimate of drug-likeness (QED) is 0.430. The average molecular weight is 331 g/mol. The van der Waals surface area contributed by atoms with Gasteiger partial charge in [0.1, 0.15) is 5.75 Å². The monoisotopic (exact) mass is 330 g/mol. The van der Waals surface area contributed by atoms with Crippen LogP contribution in [0.4, 0.5) is 0 Å². The topological polar surface area (TPSA) is 26.3 Å². The van der Waals surface area contributed by atoms with Crippen molar-refractivity contribution in [3.8, 4) is 5.75 Å². The van der Waals surface area contributed by atoms with Gasteiger partial charge in [0, 0.05) is 16.0 Å². The summed E-state index contributed by atoms with van der Waals surface area (Å²) in [5.41, 5.74) is 2.21. The molecular weight excluding hydrogens is 316 g/mol. The summed E-state index contributed by atoms with van der Waals surface area (Å²) in [5, 5.41) is 0. The highest BCUT2D eigenvalue weighted by atomic mass is 79.9. The van der Waals surface area contributed by atoms with Crippen LogP contribution >= 0.6 is 15.9 Å². The van der Waals surface area contributed by atoms with Crippen molar-refractivity contribution in [1.29, 1.82) is 0 Å². The van der Waals surface area contributed by atoms with Crippen molar-refractivity contribution in [3.63, 3.8) is 0 Å². The number of halogens is 1. The average Bonchev–Trinajstić information content (AvgIpc) is 2.50. The Morgan fingerprint density at radius 1 is 1.10 bits per heavy atom. The lowest BCUT2D eigenvalue weighted by Crippen LogP contribution is -2.20. The Kier molecular flexibility index (Phi) is 4.74. The second kappa shape index (κ2) is 6.53. The first-order valence-electron chi connectivity index (χ1n) is 6.29. The van der Waals surface area contributed by atoms with Crippen LogP contribution in [0.15, 0.2) is 66.2 Å². The minimum atomic E-state index is -0.168. The number of rotatable bonds is 1. The van der Waals surface area contributed by atoms with Crippen molar-refractivity contribution in [3.05, 3.63) is 77.3 Å². The third kappa shape index (κ3) is 2.99. The zero-order valence-electron chi connectivity index (χ0n) is 11.0. The van der Waals surface area contributed by atoms with Gasteiger partial charge >= 0.3 is 5.97 Å². The van der Waals surface area contributed by atoms with Crippen LogP contribution in [0, 0.1) is 0 Å². The summed E-state index contributed by atoms with van der Waals surface area (Å²) in [6.45, 7) is 6.00.